The van der Waals surface area contributed by atoms with Gasteiger partial charge in [-0.05, 0) is 73.6 Å². The zero-order valence-corrected chi connectivity index (χ0v) is 19.1. The summed E-state index contributed by atoms with van der Waals surface area (Å²) in [6, 6.07) is 6.90. The van der Waals surface area contributed by atoms with Crippen LogP contribution in [0.5, 0.6) is 0 Å². The lowest BCUT2D eigenvalue weighted by molar-refractivity contribution is -0.137. The molecule has 168 valence electrons. The molecule has 3 aliphatic rings. The van der Waals surface area contributed by atoms with Crippen LogP contribution in [-0.4, -0.2) is 52.1 Å². The molecule has 1 aliphatic carbocycles. The van der Waals surface area contributed by atoms with Crippen molar-refractivity contribution in [3.8, 4) is 0 Å². The van der Waals surface area contributed by atoms with Crippen LogP contribution < -0.4 is 5.32 Å². The number of aliphatic hydroxyl groups excluding tert-OH is 2. The van der Waals surface area contributed by atoms with Crippen molar-refractivity contribution in [3.63, 3.8) is 0 Å². The minimum Gasteiger partial charge on any atom is -0.511 e. The van der Waals surface area contributed by atoms with Crippen molar-refractivity contribution in [2.45, 2.75) is 52.7 Å². The van der Waals surface area contributed by atoms with E-state index in [0.29, 0.717) is 19.1 Å². The molecule has 4 rings (SSSR count). The van der Waals surface area contributed by atoms with Crippen LogP contribution >= 0.6 is 0 Å². The highest BCUT2D eigenvalue weighted by Gasteiger charge is 2.40. The Hall–Kier alpha value is -2.47. The number of carbonyl (C=O) groups excluding carboxylic acids is 1. The number of anilines is 1. The molecule has 0 radical (unpaired) electrons. The standard InChI is InChI=1S/C25H35N3O3/c1-15(2)23-16(3)24(22(30)12-21(23)29)25(31)28-13-17-5-6-20(11-18(17)14-28)26-19-7-9-27(4)10-8-19/h5-6,11-12,15-16,19,24,26,29-30H,7-10,13-14H2,1-4H3. The van der Waals surface area contributed by atoms with Gasteiger partial charge in [0.25, 0.3) is 0 Å². The summed E-state index contributed by atoms with van der Waals surface area (Å²) < 4.78 is 0. The van der Waals surface area contributed by atoms with E-state index in [-0.39, 0.29) is 29.3 Å². The van der Waals surface area contributed by atoms with Gasteiger partial charge in [0.15, 0.2) is 0 Å². The summed E-state index contributed by atoms with van der Waals surface area (Å²) >= 11 is 0. The zero-order valence-electron chi connectivity index (χ0n) is 19.1. The lowest BCUT2D eigenvalue weighted by atomic mass is 9.76. The fraction of sp³-hybridized carbons (Fsp3) is 0.560. The van der Waals surface area contributed by atoms with Crippen LogP contribution in [0.2, 0.25) is 0 Å². The number of benzene rings is 1. The van der Waals surface area contributed by atoms with E-state index in [1.54, 1.807) is 0 Å². The maximum absolute atomic E-state index is 13.4. The summed E-state index contributed by atoms with van der Waals surface area (Å²) in [4.78, 5) is 17.6. The molecule has 2 atom stereocenters. The molecule has 1 aromatic rings. The fourth-order valence-corrected chi connectivity index (χ4v) is 5.37. The Morgan fingerprint density at radius 1 is 1.13 bits per heavy atom. The third-order valence-corrected chi connectivity index (χ3v) is 7.11. The normalized spacial score (nSPS) is 25.1. The van der Waals surface area contributed by atoms with Crippen LogP contribution in [-0.2, 0) is 17.9 Å². The molecule has 2 heterocycles. The van der Waals surface area contributed by atoms with Crippen LogP contribution in [0.25, 0.3) is 0 Å². The summed E-state index contributed by atoms with van der Waals surface area (Å²) in [6.45, 7) is 9.28. The number of piperidine rings is 1. The molecule has 0 aromatic heterocycles. The first-order chi connectivity index (χ1) is 14.7. The number of fused-ring (bicyclic) bond motifs is 1. The number of rotatable bonds is 4. The Kier molecular flexibility index (Phi) is 6.02. The Bertz CT molecular complexity index is 913. The van der Waals surface area contributed by atoms with Crippen LogP contribution in [0.3, 0.4) is 0 Å². The molecule has 2 unspecified atom stereocenters. The SMILES string of the molecule is CC(C)C1=C(O)C=C(O)C(C(=O)N2Cc3ccc(NC4CCN(C)CC4)cc3C2)C1C. The number of aliphatic hydroxyl groups is 2. The van der Waals surface area contributed by atoms with Crippen LogP contribution in [0.4, 0.5) is 5.69 Å². The van der Waals surface area contributed by atoms with Crippen molar-refractivity contribution in [2.75, 3.05) is 25.5 Å². The molecule has 0 spiro atoms. The molecule has 0 saturated carbocycles. The van der Waals surface area contributed by atoms with Crippen LogP contribution in [0.15, 0.2) is 41.4 Å². The van der Waals surface area contributed by atoms with Crippen molar-refractivity contribution in [2.24, 2.45) is 17.8 Å². The van der Waals surface area contributed by atoms with Gasteiger partial charge in [0, 0.05) is 30.9 Å². The number of nitrogens with one attached hydrogen (secondary N) is 1. The van der Waals surface area contributed by atoms with Crippen molar-refractivity contribution >= 4 is 11.6 Å². The third-order valence-electron chi connectivity index (χ3n) is 7.11. The van der Waals surface area contributed by atoms with Gasteiger partial charge in [-0.15, -0.1) is 0 Å². The first-order valence-corrected chi connectivity index (χ1v) is 11.4. The lowest BCUT2D eigenvalue weighted by Crippen LogP contribution is -2.39. The largest absolute Gasteiger partial charge is 0.511 e. The molecular weight excluding hydrogens is 390 g/mol. The second-order valence-corrected chi connectivity index (χ2v) is 9.73. The highest BCUT2D eigenvalue weighted by Crippen LogP contribution is 2.39. The van der Waals surface area contributed by atoms with Gasteiger partial charge in [0.1, 0.15) is 17.4 Å². The van der Waals surface area contributed by atoms with Gasteiger partial charge in [-0.1, -0.05) is 26.8 Å². The molecule has 1 saturated heterocycles. The number of allylic oxidation sites excluding steroid dienone is 2. The summed E-state index contributed by atoms with van der Waals surface area (Å²) in [6.07, 6.45) is 3.63. The molecule has 1 fully saturated rings. The van der Waals surface area contributed by atoms with Gasteiger partial charge in [-0.3, -0.25) is 4.79 Å². The monoisotopic (exact) mass is 425 g/mol. The fourth-order valence-electron chi connectivity index (χ4n) is 5.37. The van der Waals surface area contributed by atoms with Crippen molar-refractivity contribution in [3.05, 3.63) is 52.5 Å². The molecule has 3 N–H and O–H groups in total. The first kappa shape index (κ1) is 21.8. The molecule has 6 nitrogen and oxygen atoms in total. The Balaban J connectivity index is 1.45. The zero-order chi connectivity index (χ0) is 22.3. The lowest BCUT2D eigenvalue weighted by Gasteiger charge is -2.33. The number of amides is 1. The van der Waals surface area contributed by atoms with E-state index in [4.69, 9.17) is 0 Å². The molecule has 31 heavy (non-hydrogen) atoms. The molecular formula is C25H35N3O3. The third kappa shape index (κ3) is 4.31. The van der Waals surface area contributed by atoms with Crippen LogP contribution in [0, 0.1) is 17.8 Å². The van der Waals surface area contributed by atoms with Gasteiger partial charge in [0.2, 0.25) is 5.91 Å². The Labute approximate surface area is 185 Å². The minimum absolute atomic E-state index is 0.0417. The highest BCUT2D eigenvalue weighted by molar-refractivity contribution is 5.83. The minimum atomic E-state index is -0.639. The topological polar surface area (TPSA) is 76.0 Å². The van der Waals surface area contributed by atoms with E-state index in [0.717, 1.165) is 42.8 Å². The molecule has 1 aromatic carbocycles. The van der Waals surface area contributed by atoms with E-state index in [9.17, 15) is 15.0 Å². The van der Waals surface area contributed by atoms with Crippen molar-refractivity contribution < 1.29 is 15.0 Å². The molecule has 0 bridgehead atoms. The first-order valence-electron chi connectivity index (χ1n) is 11.4. The van der Waals surface area contributed by atoms with Crippen molar-refractivity contribution in [1.29, 1.82) is 0 Å². The Morgan fingerprint density at radius 2 is 1.81 bits per heavy atom. The summed E-state index contributed by atoms with van der Waals surface area (Å²) in [7, 11) is 2.17. The summed E-state index contributed by atoms with van der Waals surface area (Å²) in [5, 5.41) is 24.4. The van der Waals surface area contributed by atoms with E-state index in [1.165, 1.54) is 11.6 Å². The number of hydrogen-bond acceptors (Lipinski definition) is 5. The van der Waals surface area contributed by atoms with Crippen LogP contribution in [0.1, 0.15) is 44.7 Å². The van der Waals surface area contributed by atoms with Crippen molar-refractivity contribution in [1.82, 2.24) is 9.80 Å². The van der Waals surface area contributed by atoms with Gasteiger partial charge >= 0.3 is 0 Å². The predicted octanol–water partition coefficient (Wildman–Crippen LogP) is 4.21. The number of hydrogen-bond donors (Lipinski definition) is 3. The Morgan fingerprint density at radius 3 is 2.48 bits per heavy atom. The van der Waals surface area contributed by atoms with Gasteiger partial charge < -0.3 is 25.3 Å². The second-order valence-electron chi connectivity index (χ2n) is 9.73. The van der Waals surface area contributed by atoms with E-state index in [2.05, 4.69) is 35.5 Å². The molecule has 6 heteroatoms. The molecule has 1 amide bonds. The number of carbonyl (C=O) groups is 1. The van der Waals surface area contributed by atoms with Gasteiger partial charge in [-0.25, -0.2) is 0 Å². The maximum Gasteiger partial charge on any atom is 0.234 e. The van der Waals surface area contributed by atoms with Gasteiger partial charge in [0.05, 0.1) is 0 Å². The van der Waals surface area contributed by atoms with Gasteiger partial charge in [-0.2, -0.15) is 0 Å². The average molecular weight is 426 g/mol. The van der Waals surface area contributed by atoms with E-state index in [1.807, 2.05) is 25.7 Å². The summed E-state index contributed by atoms with van der Waals surface area (Å²) in [5.41, 5.74) is 4.28. The summed E-state index contributed by atoms with van der Waals surface area (Å²) in [5.74, 6) is -0.785. The number of likely N-dealkylation sites (tertiary alicyclic amines) is 1. The smallest absolute Gasteiger partial charge is 0.234 e. The van der Waals surface area contributed by atoms with E-state index < -0.39 is 5.92 Å². The highest BCUT2D eigenvalue weighted by atomic mass is 16.3. The predicted molar refractivity (Wildman–Crippen MR) is 123 cm³/mol. The second kappa shape index (κ2) is 8.58. The number of nitrogens with zero attached hydrogens (tertiary/aromatic N) is 2. The maximum atomic E-state index is 13.4. The average Bonchev–Trinajstić information content (AvgIpc) is 3.12. The van der Waals surface area contributed by atoms with E-state index >= 15 is 0 Å². The molecule has 2 aliphatic heterocycles. The quantitative estimate of drug-likeness (QED) is 0.674.